The van der Waals surface area contributed by atoms with Crippen LogP contribution in [0.3, 0.4) is 0 Å². The molecule has 1 amide bonds. The molecule has 0 fully saturated rings. The maximum absolute atomic E-state index is 11.2. The number of hydrogen-bond donors (Lipinski definition) is 2. The van der Waals surface area contributed by atoms with Crippen molar-refractivity contribution in [1.82, 2.24) is 5.32 Å². The van der Waals surface area contributed by atoms with Crippen molar-refractivity contribution in [1.29, 1.82) is 0 Å². The van der Waals surface area contributed by atoms with Crippen LogP contribution >= 0.6 is 34.8 Å². The Morgan fingerprint density at radius 2 is 1.76 bits per heavy atom. The minimum Gasteiger partial charge on any atom is -0.466 e. The summed E-state index contributed by atoms with van der Waals surface area (Å²) in [5.74, 6) is 0.0744. The van der Waals surface area contributed by atoms with E-state index in [0.29, 0.717) is 5.75 Å². The molecule has 0 aliphatic carbocycles. The van der Waals surface area contributed by atoms with Gasteiger partial charge in [-0.25, -0.2) is 0 Å². The second-order valence-electron chi connectivity index (χ2n) is 5.05. The molecule has 8 heteroatoms. The van der Waals surface area contributed by atoms with Crippen molar-refractivity contribution in [3.63, 3.8) is 0 Å². The molecular weight excluding hydrogens is 385 g/mol. The fraction of sp³-hybridized carbons (Fsp3) is 0.176. The van der Waals surface area contributed by atoms with Gasteiger partial charge in [-0.1, -0.05) is 53.0 Å². The second kappa shape index (κ2) is 8.94. The fourth-order valence-electron chi connectivity index (χ4n) is 1.83. The summed E-state index contributed by atoms with van der Waals surface area (Å²) >= 11 is 17.4. The van der Waals surface area contributed by atoms with Gasteiger partial charge in [0.2, 0.25) is 15.9 Å². The highest BCUT2D eigenvalue weighted by Gasteiger charge is 2.35. The van der Waals surface area contributed by atoms with Crippen molar-refractivity contribution >= 4 is 52.6 Å². The summed E-state index contributed by atoms with van der Waals surface area (Å²) in [7, 11) is 0. The zero-order valence-electron chi connectivity index (χ0n) is 13.2. The van der Waals surface area contributed by atoms with Gasteiger partial charge in [0, 0.05) is 6.92 Å². The minimum atomic E-state index is -1.80. The summed E-state index contributed by atoms with van der Waals surface area (Å²) < 4.78 is 3.73. The van der Waals surface area contributed by atoms with Crippen LogP contribution in [0.2, 0.25) is 0 Å². The maximum Gasteiger partial charge on any atom is 0.246 e. The summed E-state index contributed by atoms with van der Waals surface area (Å²) in [6, 6.07) is 16.5. The molecule has 0 aliphatic rings. The Kier molecular flexibility index (Phi) is 6.93. The summed E-state index contributed by atoms with van der Waals surface area (Å²) in [6.45, 7) is 1.31. The van der Waals surface area contributed by atoms with Crippen molar-refractivity contribution in [3.8, 4) is 5.75 Å². The van der Waals surface area contributed by atoms with Crippen molar-refractivity contribution in [2.75, 3.05) is 5.43 Å². The lowest BCUT2D eigenvalue weighted by Gasteiger charge is -2.25. The summed E-state index contributed by atoms with van der Waals surface area (Å²) in [5.41, 5.74) is 4.66. The molecule has 5 nitrogen and oxygen atoms in total. The van der Waals surface area contributed by atoms with Crippen LogP contribution in [0.15, 0.2) is 59.7 Å². The predicted octanol–water partition coefficient (Wildman–Crippen LogP) is 4.34. The third kappa shape index (κ3) is 6.82. The largest absolute Gasteiger partial charge is 0.466 e. The van der Waals surface area contributed by atoms with Crippen LogP contribution in [0.4, 0.5) is 5.69 Å². The SMILES string of the molecule is CC(=O)NC(Oc1ccc(/C=N/Nc2ccccc2)cc1)C(Cl)(Cl)Cl. The van der Waals surface area contributed by atoms with Crippen LogP contribution in [0, 0.1) is 0 Å². The molecule has 25 heavy (non-hydrogen) atoms. The Hall–Kier alpha value is -1.95. The van der Waals surface area contributed by atoms with E-state index in [2.05, 4.69) is 15.8 Å². The molecule has 2 aromatic carbocycles. The Bertz CT molecular complexity index is 716. The molecule has 2 rings (SSSR count). The number of hydrazone groups is 1. The van der Waals surface area contributed by atoms with Gasteiger partial charge in [-0.3, -0.25) is 10.2 Å². The molecule has 0 saturated heterocycles. The van der Waals surface area contributed by atoms with E-state index in [1.54, 1.807) is 30.5 Å². The lowest BCUT2D eigenvalue weighted by Crippen LogP contribution is -2.47. The summed E-state index contributed by atoms with van der Waals surface area (Å²) in [6.07, 6.45) is 0.561. The number of carbonyl (C=O) groups excluding carboxylic acids is 1. The van der Waals surface area contributed by atoms with Gasteiger partial charge in [0.1, 0.15) is 5.75 Å². The Morgan fingerprint density at radius 1 is 1.12 bits per heavy atom. The molecule has 0 aliphatic heterocycles. The third-order valence-corrected chi connectivity index (χ3v) is 3.54. The second-order valence-corrected chi connectivity index (χ2v) is 7.41. The quantitative estimate of drug-likeness (QED) is 0.328. The van der Waals surface area contributed by atoms with Gasteiger partial charge in [-0.15, -0.1) is 0 Å². The van der Waals surface area contributed by atoms with Gasteiger partial charge in [0.05, 0.1) is 11.9 Å². The first-order valence-corrected chi connectivity index (χ1v) is 8.42. The van der Waals surface area contributed by atoms with Crippen LogP contribution in [0.25, 0.3) is 0 Å². The molecule has 1 unspecified atom stereocenters. The molecule has 0 spiro atoms. The lowest BCUT2D eigenvalue weighted by atomic mass is 10.2. The number of halogens is 3. The average Bonchev–Trinajstić information content (AvgIpc) is 2.55. The topological polar surface area (TPSA) is 62.7 Å². The maximum atomic E-state index is 11.2. The zero-order valence-corrected chi connectivity index (χ0v) is 15.5. The van der Waals surface area contributed by atoms with E-state index in [4.69, 9.17) is 39.5 Å². The van der Waals surface area contributed by atoms with E-state index >= 15 is 0 Å². The van der Waals surface area contributed by atoms with Crippen molar-refractivity contribution in [3.05, 3.63) is 60.2 Å². The van der Waals surface area contributed by atoms with Gasteiger partial charge in [0.15, 0.2) is 0 Å². The highest BCUT2D eigenvalue weighted by atomic mass is 35.6. The molecular formula is C17H16Cl3N3O2. The molecule has 0 radical (unpaired) electrons. The molecule has 2 N–H and O–H groups in total. The van der Waals surface area contributed by atoms with Gasteiger partial charge in [-0.05, 0) is 42.0 Å². The van der Waals surface area contributed by atoms with Crippen molar-refractivity contribution in [2.24, 2.45) is 5.10 Å². The highest BCUT2D eigenvalue weighted by molar-refractivity contribution is 6.68. The molecule has 0 saturated carbocycles. The zero-order chi connectivity index (χ0) is 18.3. The number of benzene rings is 2. The van der Waals surface area contributed by atoms with Crippen molar-refractivity contribution < 1.29 is 9.53 Å². The van der Waals surface area contributed by atoms with Crippen LogP contribution < -0.4 is 15.5 Å². The number of anilines is 1. The first kappa shape index (κ1) is 19.4. The lowest BCUT2D eigenvalue weighted by molar-refractivity contribution is -0.121. The monoisotopic (exact) mass is 399 g/mol. The van der Waals surface area contributed by atoms with Crippen LogP contribution in [-0.2, 0) is 4.79 Å². The molecule has 0 bridgehead atoms. The fourth-order valence-corrected chi connectivity index (χ4v) is 2.12. The predicted molar refractivity (Wildman–Crippen MR) is 103 cm³/mol. The smallest absolute Gasteiger partial charge is 0.246 e. The Morgan fingerprint density at radius 3 is 2.32 bits per heavy atom. The van der Waals surface area contributed by atoms with E-state index in [9.17, 15) is 4.79 Å². The number of para-hydroxylation sites is 1. The Labute approximate surface area is 160 Å². The third-order valence-electron chi connectivity index (χ3n) is 2.95. The van der Waals surface area contributed by atoms with E-state index in [0.717, 1.165) is 11.3 Å². The van der Waals surface area contributed by atoms with Gasteiger partial charge in [-0.2, -0.15) is 5.10 Å². The average molecular weight is 401 g/mol. The first-order chi connectivity index (χ1) is 11.8. The van der Waals surface area contributed by atoms with Gasteiger partial charge in [0.25, 0.3) is 0 Å². The molecule has 132 valence electrons. The Balaban J connectivity index is 1.97. The minimum absolute atomic E-state index is 0.368. The molecule has 0 heterocycles. The van der Waals surface area contributed by atoms with Crippen LogP contribution in [0.5, 0.6) is 5.75 Å². The standard InChI is InChI=1S/C17H16Cl3N3O2/c1-12(24)22-16(17(18,19)20)25-15-9-7-13(8-10-15)11-21-23-14-5-3-2-4-6-14/h2-11,16,23H,1H3,(H,22,24)/b21-11+. The van der Waals surface area contributed by atoms with E-state index < -0.39 is 10.0 Å². The molecule has 2 aromatic rings. The number of rotatable bonds is 6. The number of alkyl halides is 3. The van der Waals surface area contributed by atoms with Crippen molar-refractivity contribution in [2.45, 2.75) is 16.9 Å². The number of nitrogens with zero attached hydrogens (tertiary/aromatic N) is 1. The number of ether oxygens (including phenoxy) is 1. The van der Waals surface area contributed by atoms with Gasteiger partial charge >= 0.3 is 0 Å². The van der Waals surface area contributed by atoms with Crippen LogP contribution in [0.1, 0.15) is 12.5 Å². The normalized spacial score (nSPS) is 12.6. The molecule has 0 aromatic heterocycles. The van der Waals surface area contributed by atoms with Crippen LogP contribution in [-0.4, -0.2) is 22.1 Å². The molecule has 1 atom stereocenters. The van der Waals surface area contributed by atoms with Gasteiger partial charge < -0.3 is 10.1 Å². The summed E-state index contributed by atoms with van der Waals surface area (Å²) in [4.78, 5) is 11.2. The number of nitrogens with one attached hydrogen (secondary N) is 2. The van der Waals surface area contributed by atoms with E-state index in [1.165, 1.54) is 6.92 Å². The number of carbonyl (C=O) groups is 1. The van der Waals surface area contributed by atoms with E-state index in [-0.39, 0.29) is 5.91 Å². The van der Waals surface area contributed by atoms with E-state index in [1.807, 2.05) is 30.3 Å². The first-order valence-electron chi connectivity index (χ1n) is 7.29. The summed E-state index contributed by atoms with van der Waals surface area (Å²) in [5, 5.41) is 6.59. The highest BCUT2D eigenvalue weighted by Crippen LogP contribution is 2.31. The number of hydrogen-bond acceptors (Lipinski definition) is 4. The number of amides is 1.